The zero-order chi connectivity index (χ0) is 23.4. The summed E-state index contributed by atoms with van der Waals surface area (Å²) in [4.78, 5) is 0. The first-order valence-corrected chi connectivity index (χ1v) is 14.1. The molecule has 4 nitrogen and oxygen atoms in total. The third-order valence-corrected chi connectivity index (χ3v) is 11.8. The number of hydrogen-bond donors (Lipinski definition) is 0. The summed E-state index contributed by atoms with van der Waals surface area (Å²) in [5.41, 5.74) is 0. The fraction of sp³-hybridized carbons (Fsp3) is 0.458. The van der Waals surface area contributed by atoms with Crippen molar-refractivity contribution in [1.82, 2.24) is 0 Å². The van der Waals surface area contributed by atoms with Crippen LogP contribution in [0.2, 0.25) is 5.04 Å². The average molecular weight is 495 g/mol. The van der Waals surface area contributed by atoms with Crippen LogP contribution in [0.15, 0.2) is 60.7 Å². The van der Waals surface area contributed by atoms with Gasteiger partial charge in [0.25, 0.3) is 8.32 Å². The van der Waals surface area contributed by atoms with Crippen LogP contribution in [0.1, 0.15) is 20.8 Å². The number of halogens is 1. The molecule has 1 aliphatic rings. The molecule has 3 rings (SSSR count). The van der Waals surface area contributed by atoms with E-state index in [1.807, 2.05) is 36.4 Å². The molecule has 0 bridgehead atoms. The first-order valence-electron chi connectivity index (χ1n) is 10.6. The van der Waals surface area contributed by atoms with Crippen molar-refractivity contribution in [1.29, 1.82) is 0 Å². The van der Waals surface area contributed by atoms with Crippen LogP contribution in [0.25, 0.3) is 0 Å². The maximum Gasteiger partial charge on any atom is 0.261 e. The van der Waals surface area contributed by atoms with E-state index in [-0.39, 0.29) is 16.0 Å². The summed E-state index contributed by atoms with van der Waals surface area (Å²) in [6.45, 7) is 6.75. The maximum atomic E-state index is 15.0. The van der Waals surface area contributed by atoms with Gasteiger partial charge in [-0.15, -0.1) is 0 Å². The van der Waals surface area contributed by atoms with Gasteiger partial charge >= 0.3 is 0 Å². The number of thiocarbonyl (C=S) groups is 1. The summed E-state index contributed by atoms with van der Waals surface area (Å²) in [5.74, 6) is 0. The third-order valence-electron chi connectivity index (χ3n) is 5.76. The van der Waals surface area contributed by atoms with Gasteiger partial charge in [0.2, 0.25) is 4.38 Å². The highest BCUT2D eigenvalue weighted by molar-refractivity contribution is 8.22. The molecule has 0 radical (unpaired) electrons. The molecule has 1 saturated heterocycles. The van der Waals surface area contributed by atoms with Crippen molar-refractivity contribution < 1.29 is 23.0 Å². The second kappa shape index (κ2) is 10.8. The van der Waals surface area contributed by atoms with Crippen molar-refractivity contribution in [2.75, 3.05) is 20.0 Å². The summed E-state index contributed by atoms with van der Waals surface area (Å²) in [7, 11) is -1.36. The number of benzene rings is 2. The lowest BCUT2D eigenvalue weighted by atomic mass is 10.1. The van der Waals surface area contributed by atoms with Gasteiger partial charge in [0.1, 0.15) is 6.10 Å². The van der Waals surface area contributed by atoms with Gasteiger partial charge in [-0.3, -0.25) is 0 Å². The van der Waals surface area contributed by atoms with E-state index in [0.717, 1.165) is 10.4 Å². The highest BCUT2D eigenvalue weighted by Crippen LogP contribution is 2.38. The molecular weight excluding hydrogens is 463 g/mol. The molecule has 8 heteroatoms. The third kappa shape index (κ3) is 5.10. The second-order valence-corrected chi connectivity index (χ2v) is 14.4. The van der Waals surface area contributed by atoms with Crippen LogP contribution in [-0.4, -0.2) is 57.3 Å². The van der Waals surface area contributed by atoms with Crippen LogP contribution in [-0.2, 0) is 18.6 Å². The number of methoxy groups -OCH3 is 1. The highest BCUT2D eigenvalue weighted by atomic mass is 32.2. The highest BCUT2D eigenvalue weighted by Gasteiger charge is 2.53. The molecule has 0 N–H and O–H groups in total. The molecule has 174 valence electrons. The zero-order valence-electron chi connectivity index (χ0n) is 19.1. The Labute approximate surface area is 200 Å². The van der Waals surface area contributed by atoms with E-state index in [9.17, 15) is 0 Å². The lowest BCUT2D eigenvalue weighted by Crippen LogP contribution is -2.67. The molecule has 0 saturated carbocycles. The Morgan fingerprint density at radius 1 is 1.06 bits per heavy atom. The molecule has 32 heavy (non-hydrogen) atoms. The summed E-state index contributed by atoms with van der Waals surface area (Å²) in [5, 5.41) is 2.09. The van der Waals surface area contributed by atoms with E-state index in [4.69, 9.17) is 30.9 Å². The van der Waals surface area contributed by atoms with Crippen LogP contribution >= 0.6 is 24.0 Å². The SMILES string of the molecule is CO[C@@H]1O[C@H](CO[Si](c2ccccc2)(c2ccccc2)C(C)(C)C)[C@@H](OC(=S)SC)[C@@H]1F. The van der Waals surface area contributed by atoms with E-state index in [1.165, 1.54) is 18.9 Å². The molecule has 0 unspecified atom stereocenters. The fourth-order valence-corrected chi connectivity index (χ4v) is 9.16. The minimum Gasteiger partial charge on any atom is -0.469 e. The Balaban J connectivity index is 1.99. The number of thioether (sulfide) groups is 1. The van der Waals surface area contributed by atoms with Crippen LogP contribution in [0, 0.1) is 0 Å². The summed E-state index contributed by atoms with van der Waals surface area (Å²) >= 11 is 6.45. The Hall–Kier alpha value is -1.29. The van der Waals surface area contributed by atoms with Crippen molar-refractivity contribution in [2.45, 2.75) is 50.5 Å². The molecule has 1 aliphatic heterocycles. The fourth-order valence-electron chi connectivity index (χ4n) is 4.27. The van der Waals surface area contributed by atoms with Crippen LogP contribution in [0.3, 0.4) is 0 Å². The number of rotatable bonds is 7. The molecule has 0 amide bonds. The first kappa shape index (κ1) is 25.3. The molecule has 4 atom stereocenters. The molecule has 0 aliphatic carbocycles. The molecule has 2 aromatic rings. The quantitative estimate of drug-likeness (QED) is 0.422. The van der Waals surface area contributed by atoms with E-state index < -0.39 is 33.0 Å². The van der Waals surface area contributed by atoms with Crippen molar-refractivity contribution in [3.8, 4) is 0 Å². The van der Waals surface area contributed by atoms with Crippen molar-refractivity contribution in [3.05, 3.63) is 60.7 Å². The number of alkyl halides is 1. The summed E-state index contributed by atoms with van der Waals surface area (Å²) in [6.07, 6.45) is -2.22. The Morgan fingerprint density at radius 3 is 2.03 bits per heavy atom. The van der Waals surface area contributed by atoms with E-state index in [1.54, 1.807) is 6.26 Å². The van der Waals surface area contributed by atoms with Gasteiger partial charge in [-0.05, 0) is 33.9 Å². The monoisotopic (exact) mass is 494 g/mol. The van der Waals surface area contributed by atoms with Gasteiger partial charge in [0.05, 0.1) is 6.61 Å². The molecule has 2 aromatic carbocycles. The van der Waals surface area contributed by atoms with E-state index >= 15 is 4.39 Å². The van der Waals surface area contributed by atoms with Gasteiger partial charge in [-0.1, -0.05) is 93.2 Å². The first-order chi connectivity index (χ1) is 15.2. The minimum absolute atomic E-state index is 0.162. The zero-order valence-corrected chi connectivity index (χ0v) is 21.8. The molecule has 0 spiro atoms. The Morgan fingerprint density at radius 2 is 1.59 bits per heavy atom. The predicted molar refractivity (Wildman–Crippen MR) is 135 cm³/mol. The number of hydrogen-bond acceptors (Lipinski definition) is 6. The standard InChI is InChI=1S/C24H31FO4S2Si/c1-24(2,3)32(17-12-8-6-9-13-17,18-14-10-7-11-15-18)27-16-19-21(29-23(30)31-5)20(25)22(26-4)28-19/h6-15,19-22H,16H2,1-5H3/t19-,20+,21-,22-/m1/s1. The number of ether oxygens (including phenoxy) is 3. The summed E-state index contributed by atoms with van der Waals surface area (Å²) in [6, 6.07) is 20.6. The summed E-state index contributed by atoms with van der Waals surface area (Å²) < 4.78 is 39.0. The topological polar surface area (TPSA) is 36.9 Å². The van der Waals surface area contributed by atoms with Crippen LogP contribution in [0.5, 0.6) is 0 Å². The van der Waals surface area contributed by atoms with Crippen molar-refractivity contribution in [3.63, 3.8) is 0 Å². The normalized spacial score (nSPS) is 23.8. The maximum absolute atomic E-state index is 15.0. The molecule has 1 fully saturated rings. The van der Waals surface area contributed by atoms with E-state index in [2.05, 4.69) is 45.0 Å². The Kier molecular flexibility index (Phi) is 8.52. The lowest BCUT2D eigenvalue weighted by molar-refractivity contribution is -0.140. The van der Waals surface area contributed by atoms with Gasteiger partial charge in [0.15, 0.2) is 18.6 Å². The largest absolute Gasteiger partial charge is 0.469 e. The average Bonchev–Trinajstić information content (AvgIpc) is 3.09. The smallest absolute Gasteiger partial charge is 0.261 e. The van der Waals surface area contributed by atoms with Gasteiger partial charge < -0.3 is 18.6 Å². The van der Waals surface area contributed by atoms with Gasteiger partial charge in [-0.2, -0.15) is 0 Å². The molecular formula is C24H31FO4S2Si. The second-order valence-electron chi connectivity index (χ2n) is 8.73. The molecule has 1 heterocycles. The van der Waals surface area contributed by atoms with Gasteiger partial charge in [-0.25, -0.2) is 4.39 Å². The lowest BCUT2D eigenvalue weighted by Gasteiger charge is -2.43. The van der Waals surface area contributed by atoms with Crippen LogP contribution < -0.4 is 10.4 Å². The molecule has 0 aromatic heterocycles. The van der Waals surface area contributed by atoms with Crippen molar-refractivity contribution in [2.24, 2.45) is 0 Å². The van der Waals surface area contributed by atoms with Crippen LogP contribution in [0.4, 0.5) is 4.39 Å². The minimum atomic E-state index is -2.79. The van der Waals surface area contributed by atoms with Crippen molar-refractivity contribution >= 4 is 47.1 Å². The van der Waals surface area contributed by atoms with Gasteiger partial charge in [0, 0.05) is 7.11 Å². The Bertz CT molecular complexity index is 839. The predicted octanol–water partition coefficient (Wildman–Crippen LogP) is 4.31. The van der Waals surface area contributed by atoms with E-state index in [0.29, 0.717) is 0 Å².